The van der Waals surface area contributed by atoms with Crippen molar-refractivity contribution in [2.45, 2.75) is 13.3 Å². The van der Waals surface area contributed by atoms with Crippen LogP contribution in [-0.2, 0) is 0 Å². The van der Waals surface area contributed by atoms with Gasteiger partial charge in [0.05, 0.1) is 0 Å². The van der Waals surface area contributed by atoms with Crippen molar-refractivity contribution in [1.82, 2.24) is 0 Å². The summed E-state index contributed by atoms with van der Waals surface area (Å²) in [5.74, 6) is 0.0723. The van der Waals surface area contributed by atoms with E-state index in [0.717, 1.165) is 6.21 Å². The molecule has 0 aliphatic rings. The lowest BCUT2D eigenvalue weighted by Gasteiger charge is -2.02. The molecule has 13 heavy (non-hydrogen) atoms. The quantitative estimate of drug-likeness (QED) is 0.419. The Labute approximate surface area is 77.1 Å². The zero-order valence-electron chi connectivity index (χ0n) is 7.50. The number of hydrogen-bond donors (Lipinski definition) is 2. The van der Waals surface area contributed by atoms with Crippen LogP contribution in [-0.4, -0.2) is 12.0 Å². The Balaban J connectivity index is 3.13. The Morgan fingerprint density at radius 2 is 2.31 bits per heavy atom. The van der Waals surface area contributed by atoms with Crippen LogP contribution in [0.25, 0.3) is 0 Å². The first-order valence-corrected chi connectivity index (χ1v) is 4.12. The summed E-state index contributed by atoms with van der Waals surface area (Å²) in [6, 6.07) is 4.99. The van der Waals surface area contributed by atoms with E-state index in [4.69, 9.17) is 11.1 Å². The highest BCUT2D eigenvalue weighted by Crippen LogP contribution is 2.13. The number of Topliss-reactive ketones (excluding diaryl/α,β-unsaturated/α-hetero) is 1. The molecule has 0 saturated heterocycles. The second-order valence-electron chi connectivity index (χ2n) is 2.76. The highest BCUT2D eigenvalue weighted by molar-refractivity contribution is 5.98. The maximum atomic E-state index is 11.3. The fraction of sp³-hybridized carbons (Fsp3) is 0.200. The molecule has 0 aliphatic carbocycles. The van der Waals surface area contributed by atoms with E-state index in [-0.39, 0.29) is 5.78 Å². The van der Waals surface area contributed by atoms with Crippen molar-refractivity contribution < 1.29 is 4.79 Å². The normalized spacial score (nSPS) is 9.62. The molecule has 0 aromatic heterocycles. The van der Waals surface area contributed by atoms with Crippen molar-refractivity contribution in [3.8, 4) is 0 Å². The van der Waals surface area contributed by atoms with Gasteiger partial charge in [-0.2, -0.15) is 0 Å². The van der Waals surface area contributed by atoms with Crippen molar-refractivity contribution in [1.29, 1.82) is 5.41 Å². The van der Waals surface area contributed by atoms with Gasteiger partial charge in [0.1, 0.15) is 0 Å². The van der Waals surface area contributed by atoms with Crippen molar-refractivity contribution in [3.05, 3.63) is 29.3 Å². The number of hydrogen-bond acceptors (Lipinski definition) is 3. The van der Waals surface area contributed by atoms with Gasteiger partial charge in [-0.05, 0) is 18.2 Å². The van der Waals surface area contributed by atoms with Gasteiger partial charge < -0.3 is 11.1 Å². The lowest BCUT2D eigenvalue weighted by Crippen LogP contribution is -2.00. The Morgan fingerprint density at radius 3 is 2.85 bits per heavy atom. The zero-order chi connectivity index (χ0) is 9.84. The first-order valence-electron chi connectivity index (χ1n) is 4.12. The molecule has 3 N–H and O–H groups in total. The molecule has 1 aromatic rings. The number of nitrogens with two attached hydrogens (primary N) is 1. The molecule has 3 heteroatoms. The van der Waals surface area contributed by atoms with Gasteiger partial charge in [-0.15, -0.1) is 0 Å². The molecule has 0 atom stereocenters. The maximum Gasteiger partial charge on any atom is 0.162 e. The number of nitrogen functional groups attached to an aromatic ring is 1. The van der Waals surface area contributed by atoms with Crippen LogP contribution in [0, 0.1) is 5.41 Å². The zero-order valence-corrected chi connectivity index (χ0v) is 7.50. The first kappa shape index (κ1) is 9.45. The number of carbonyl (C=O) groups excluding carboxylic acids is 1. The summed E-state index contributed by atoms with van der Waals surface area (Å²) < 4.78 is 0. The molecule has 0 aliphatic heterocycles. The van der Waals surface area contributed by atoms with Gasteiger partial charge in [0.25, 0.3) is 0 Å². The molecule has 3 nitrogen and oxygen atoms in total. The summed E-state index contributed by atoms with van der Waals surface area (Å²) in [5.41, 5.74) is 7.33. The van der Waals surface area contributed by atoms with Crippen molar-refractivity contribution in [2.24, 2.45) is 0 Å². The molecule has 68 valence electrons. The predicted octanol–water partition coefficient (Wildman–Crippen LogP) is 1.86. The molecule has 1 aromatic carbocycles. The van der Waals surface area contributed by atoms with E-state index in [1.807, 2.05) is 6.92 Å². The molecule has 0 saturated carbocycles. The summed E-state index contributed by atoms with van der Waals surface area (Å²) in [7, 11) is 0. The average molecular weight is 176 g/mol. The number of carbonyl (C=O) groups is 1. The summed E-state index contributed by atoms with van der Waals surface area (Å²) in [5, 5.41) is 7.06. The maximum absolute atomic E-state index is 11.3. The van der Waals surface area contributed by atoms with Crippen molar-refractivity contribution in [2.75, 3.05) is 5.73 Å². The van der Waals surface area contributed by atoms with Gasteiger partial charge in [0, 0.05) is 29.4 Å². The van der Waals surface area contributed by atoms with E-state index < -0.39 is 0 Å². The Hall–Kier alpha value is -1.64. The third-order valence-corrected chi connectivity index (χ3v) is 1.89. The fourth-order valence-electron chi connectivity index (χ4n) is 1.08. The molecule has 0 radical (unpaired) electrons. The summed E-state index contributed by atoms with van der Waals surface area (Å²) in [6.45, 7) is 1.81. The van der Waals surface area contributed by atoms with Crippen molar-refractivity contribution in [3.63, 3.8) is 0 Å². The second kappa shape index (κ2) is 3.85. The highest BCUT2D eigenvalue weighted by atomic mass is 16.1. The largest absolute Gasteiger partial charge is 0.398 e. The molecule has 0 amide bonds. The Kier molecular flexibility index (Phi) is 2.80. The Bertz CT molecular complexity index is 345. The van der Waals surface area contributed by atoms with Crippen LogP contribution in [0.1, 0.15) is 29.3 Å². The van der Waals surface area contributed by atoms with E-state index in [9.17, 15) is 4.79 Å². The third kappa shape index (κ3) is 1.93. The average Bonchev–Trinajstić information content (AvgIpc) is 2.17. The van der Waals surface area contributed by atoms with Gasteiger partial charge in [-0.1, -0.05) is 6.92 Å². The molecule has 0 unspecified atom stereocenters. The predicted molar refractivity (Wildman–Crippen MR) is 53.4 cm³/mol. The van der Waals surface area contributed by atoms with Gasteiger partial charge >= 0.3 is 0 Å². The minimum Gasteiger partial charge on any atom is -0.398 e. The van der Waals surface area contributed by atoms with Gasteiger partial charge in [-0.3, -0.25) is 4.79 Å². The van der Waals surface area contributed by atoms with Gasteiger partial charge in [0.2, 0.25) is 0 Å². The summed E-state index contributed by atoms with van der Waals surface area (Å²) in [4.78, 5) is 11.3. The number of nitrogens with one attached hydrogen (secondary N) is 1. The van der Waals surface area contributed by atoms with Crippen LogP contribution < -0.4 is 5.73 Å². The second-order valence-corrected chi connectivity index (χ2v) is 2.76. The molecular weight excluding hydrogens is 164 g/mol. The number of benzene rings is 1. The number of ketones is 1. The Morgan fingerprint density at radius 1 is 1.62 bits per heavy atom. The van der Waals surface area contributed by atoms with Gasteiger partial charge in [0.15, 0.2) is 5.78 Å². The molecule has 0 fully saturated rings. The van der Waals surface area contributed by atoms with Crippen LogP contribution in [0.2, 0.25) is 0 Å². The standard InChI is InChI=1S/C10H12N2O/c1-2-10(13)7-3-4-9(12)8(5-7)6-11/h3-6,11H,2,12H2,1H3. The highest BCUT2D eigenvalue weighted by Gasteiger charge is 2.04. The topological polar surface area (TPSA) is 66.9 Å². The summed E-state index contributed by atoms with van der Waals surface area (Å²) in [6.07, 6.45) is 1.63. The summed E-state index contributed by atoms with van der Waals surface area (Å²) >= 11 is 0. The van der Waals surface area contributed by atoms with Gasteiger partial charge in [-0.25, -0.2) is 0 Å². The van der Waals surface area contributed by atoms with E-state index >= 15 is 0 Å². The molecule has 1 rings (SSSR count). The minimum atomic E-state index is 0.0723. The van der Waals surface area contributed by atoms with E-state index in [1.165, 1.54) is 0 Å². The first-order chi connectivity index (χ1) is 6.19. The van der Waals surface area contributed by atoms with Crippen LogP contribution in [0.15, 0.2) is 18.2 Å². The SMILES string of the molecule is CCC(=O)c1ccc(N)c(C=N)c1. The third-order valence-electron chi connectivity index (χ3n) is 1.89. The van der Waals surface area contributed by atoms with Crippen LogP contribution in [0.5, 0.6) is 0 Å². The minimum absolute atomic E-state index is 0.0723. The van der Waals surface area contributed by atoms with Crippen LogP contribution in [0.3, 0.4) is 0 Å². The number of rotatable bonds is 3. The fourth-order valence-corrected chi connectivity index (χ4v) is 1.08. The smallest absolute Gasteiger partial charge is 0.162 e. The van der Waals surface area contributed by atoms with E-state index in [2.05, 4.69) is 0 Å². The van der Waals surface area contributed by atoms with Crippen LogP contribution >= 0.6 is 0 Å². The lowest BCUT2D eigenvalue weighted by atomic mass is 10.0. The van der Waals surface area contributed by atoms with Crippen LogP contribution in [0.4, 0.5) is 5.69 Å². The van der Waals surface area contributed by atoms with E-state index in [1.54, 1.807) is 18.2 Å². The van der Waals surface area contributed by atoms with E-state index in [0.29, 0.717) is 23.2 Å². The monoisotopic (exact) mass is 176 g/mol. The lowest BCUT2D eigenvalue weighted by molar-refractivity contribution is 0.0988. The number of anilines is 1. The molecule has 0 spiro atoms. The van der Waals surface area contributed by atoms with Crippen molar-refractivity contribution >= 4 is 17.7 Å². The molecule has 0 bridgehead atoms. The molecular formula is C10H12N2O. The molecule has 0 heterocycles.